The van der Waals surface area contributed by atoms with Crippen molar-refractivity contribution in [2.24, 2.45) is 5.92 Å². The first-order valence-corrected chi connectivity index (χ1v) is 6.58. The molecule has 0 radical (unpaired) electrons. The summed E-state index contributed by atoms with van der Waals surface area (Å²) in [6.07, 6.45) is 6.17. The highest BCUT2D eigenvalue weighted by Gasteiger charge is 2.22. The maximum absolute atomic E-state index is 4.66. The molecule has 2 atom stereocenters. The van der Waals surface area contributed by atoms with Gasteiger partial charge in [-0.25, -0.2) is 4.98 Å². The first-order valence-electron chi connectivity index (χ1n) is 5.77. The van der Waals surface area contributed by atoms with Crippen LogP contribution >= 0.6 is 11.3 Å². The fourth-order valence-corrected chi connectivity index (χ4v) is 3.27. The van der Waals surface area contributed by atoms with Gasteiger partial charge in [-0.2, -0.15) is 0 Å². The Kier molecular flexibility index (Phi) is 2.61. The van der Waals surface area contributed by atoms with Crippen LogP contribution in [0.25, 0.3) is 10.2 Å². The van der Waals surface area contributed by atoms with Gasteiger partial charge in [0.05, 0.1) is 22.5 Å². The molecule has 0 aliphatic carbocycles. The second-order valence-electron chi connectivity index (χ2n) is 4.53. The van der Waals surface area contributed by atoms with Crippen molar-refractivity contribution in [2.45, 2.75) is 25.8 Å². The van der Waals surface area contributed by atoms with Crippen molar-refractivity contribution >= 4 is 21.6 Å². The highest BCUT2D eigenvalue weighted by molar-refractivity contribution is 7.18. The van der Waals surface area contributed by atoms with E-state index in [9.17, 15) is 0 Å². The predicted molar refractivity (Wildman–Crippen MR) is 66.6 cm³/mol. The molecule has 2 aromatic heterocycles. The summed E-state index contributed by atoms with van der Waals surface area (Å²) in [5.74, 6) is 0.802. The van der Waals surface area contributed by atoms with E-state index in [2.05, 4.69) is 22.2 Å². The third kappa shape index (κ3) is 1.83. The summed E-state index contributed by atoms with van der Waals surface area (Å²) in [6, 6.07) is 2.49. The van der Waals surface area contributed by atoms with E-state index in [1.165, 1.54) is 22.5 Å². The number of hydrogen-bond acceptors (Lipinski definition) is 4. The van der Waals surface area contributed by atoms with Crippen molar-refractivity contribution in [2.75, 3.05) is 6.54 Å². The van der Waals surface area contributed by atoms with E-state index in [4.69, 9.17) is 0 Å². The largest absolute Gasteiger partial charge is 0.308 e. The minimum atomic E-state index is 0.446. The van der Waals surface area contributed by atoms with Crippen LogP contribution in [0, 0.1) is 5.92 Å². The molecule has 3 rings (SSSR count). The van der Waals surface area contributed by atoms with Gasteiger partial charge in [-0.05, 0) is 31.4 Å². The number of aromatic nitrogens is 2. The van der Waals surface area contributed by atoms with Crippen LogP contribution in [0.15, 0.2) is 18.5 Å². The first kappa shape index (κ1) is 10.2. The molecule has 3 heterocycles. The summed E-state index contributed by atoms with van der Waals surface area (Å²) in [7, 11) is 0. The standard InChI is InChI=1S/C12H15N3S/c1-8-2-5-14-9(6-8)12-15-10-7-13-4-3-11(10)16-12/h3-4,7-9,14H,2,5-6H2,1H3. The van der Waals surface area contributed by atoms with Gasteiger partial charge in [0.2, 0.25) is 0 Å². The molecule has 0 aromatic carbocycles. The predicted octanol–water partition coefficient (Wildman–Crippen LogP) is 2.75. The first-order chi connectivity index (χ1) is 7.83. The SMILES string of the molecule is CC1CCNC(c2nc3cnccc3s2)C1. The molecule has 2 aromatic rings. The van der Waals surface area contributed by atoms with Gasteiger partial charge < -0.3 is 5.32 Å². The van der Waals surface area contributed by atoms with Crippen LogP contribution in [-0.4, -0.2) is 16.5 Å². The molecule has 0 amide bonds. The minimum absolute atomic E-state index is 0.446. The molecule has 1 aliphatic heterocycles. The Balaban J connectivity index is 1.93. The fraction of sp³-hybridized carbons (Fsp3) is 0.500. The highest BCUT2D eigenvalue weighted by atomic mass is 32.1. The monoisotopic (exact) mass is 233 g/mol. The van der Waals surface area contributed by atoms with E-state index in [1.807, 2.05) is 18.5 Å². The van der Waals surface area contributed by atoms with Gasteiger partial charge in [0.1, 0.15) is 5.01 Å². The molecule has 0 bridgehead atoms. The van der Waals surface area contributed by atoms with Gasteiger partial charge >= 0.3 is 0 Å². The lowest BCUT2D eigenvalue weighted by atomic mass is 9.95. The van der Waals surface area contributed by atoms with E-state index in [0.717, 1.165) is 18.0 Å². The molecule has 3 nitrogen and oxygen atoms in total. The van der Waals surface area contributed by atoms with Crippen LogP contribution in [0.3, 0.4) is 0 Å². The normalized spacial score (nSPS) is 26.1. The van der Waals surface area contributed by atoms with Crippen molar-refractivity contribution in [3.8, 4) is 0 Å². The Morgan fingerprint density at radius 1 is 1.50 bits per heavy atom. The number of thiazole rings is 1. The van der Waals surface area contributed by atoms with Crippen LogP contribution in [0.2, 0.25) is 0 Å². The molecule has 2 unspecified atom stereocenters. The van der Waals surface area contributed by atoms with Gasteiger partial charge in [0.15, 0.2) is 0 Å². The molecule has 84 valence electrons. The number of piperidine rings is 1. The maximum Gasteiger partial charge on any atom is 0.111 e. The molecular weight excluding hydrogens is 218 g/mol. The third-order valence-electron chi connectivity index (χ3n) is 3.17. The average molecular weight is 233 g/mol. The highest BCUT2D eigenvalue weighted by Crippen LogP contribution is 2.31. The second-order valence-corrected chi connectivity index (χ2v) is 5.59. The molecule has 1 N–H and O–H groups in total. The zero-order valence-corrected chi connectivity index (χ0v) is 10.1. The van der Waals surface area contributed by atoms with Gasteiger partial charge in [0.25, 0.3) is 0 Å². The molecule has 1 fully saturated rings. The van der Waals surface area contributed by atoms with Gasteiger partial charge in [-0.15, -0.1) is 11.3 Å². The van der Waals surface area contributed by atoms with Crippen LogP contribution in [-0.2, 0) is 0 Å². The second kappa shape index (κ2) is 4.11. The Labute approximate surface area is 98.9 Å². The summed E-state index contributed by atoms with van der Waals surface area (Å²) in [5.41, 5.74) is 1.03. The molecule has 0 saturated carbocycles. The lowest BCUT2D eigenvalue weighted by Crippen LogP contribution is -2.30. The van der Waals surface area contributed by atoms with E-state index < -0.39 is 0 Å². The Bertz CT molecular complexity index is 461. The Hall–Kier alpha value is -1.00. The number of fused-ring (bicyclic) bond motifs is 1. The zero-order chi connectivity index (χ0) is 11.0. The number of pyridine rings is 1. The molecule has 16 heavy (non-hydrogen) atoms. The molecular formula is C12H15N3S. The van der Waals surface area contributed by atoms with Crippen molar-refractivity contribution < 1.29 is 0 Å². The number of rotatable bonds is 1. The van der Waals surface area contributed by atoms with E-state index in [-0.39, 0.29) is 0 Å². The smallest absolute Gasteiger partial charge is 0.111 e. The van der Waals surface area contributed by atoms with Crippen LogP contribution in [0.4, 0.5) is 0 Å². The fourth-order valence-electron chi connectivity index (χ4n) is 2.24. The van der Waals surface area contributed by atoms with E-state index >= 15 is 0 Å². The Morgan fingerprint density at radius 2 is 2.44 bits per heavy atom. The minimum Gasteiger partial charge on any atom is -0.308 e. The van der Waals surface area contributed by atoms with Crippen molar-refractivity contribution in [1.29, 1.82) is 0 Å². The van der Waals surface area contributed by atoms with Crippen LogP contribution in [0.1, 0.15) is 30.8 Å². The van der Waals surface area contributed by atoms with Crippen LogP contribution in [0.5, 0.6) is 0 Å². The lowest BCUT2D eigenvalue weighted by molar-refractivity contribution is 0.325. The lowest BCUT2D eigenvalue weighted by Gasteiger charge is -2.26. The quantitative estimate of drug-likeness (QED) is 0.823. The van der Waals surface area contributed by atoms with Gasteiger partial charge in [-0.1, -0.05) is 6.92 Å². The molecule has 1 saturated heterocycles. The van der Waals surface area contributed by atoms with E-state index in [0.29, 0.717) is 6.04 Å². The summed E-state index contributed by atoms with van der Waals surface area (Å²) in [6.45, 7) is 3.43. The average Bonchev–Trinajstić information content (AvgIpc) is 2.72. The van der Waals surface area contributed by atoms with Crippen molar-refractivity contribution in [3.63, 3.8) is 0 Å². The zero-order valence-electron chi connectivity index (χ0n) is 9.31. The van der Waals surface area contributed by atoms with Crippen LogP contribution < -0.4 is 5.32 Å². The molecule has 1 aliphatic rings. The topological polar surface area (TPSA) is 37.8 Å². The summed E-state index contributed by atoms with van der Waals surface area (Å²) in [5, 5.41) is 4.77. The van der Waals surface area contributed by atoms with Gasteiger partial charge in [0, 0.05) is 6.20 Å². The molecule has 0 spiro atoms. The summed E-state index contributed by atoms with van der Waals surface area (Å²) >= 11 is 1.79. The maximum atomic E-state index is 4.66. The van der Waals surface area contributed by atoms with Crippen molar-refractivity contribution in [3.05, 3.63) is 23.5 Å². The number of nitrogens with zero attached hydrogens (tertiary/aromatic N) is 2. The third-order valence-corrected chi connectivity index (χ3v) is 4.32. The summed E-state index contributed by atoms with van der Waals surface area (Å²) in [4.78, 5) is 8.77. The van der Waals surface area contributed by atoms with Crippen molar-refractivity contribution in [1.82, 2.24) is 15.3 Å². The Morgan fingerprint density at radius 3 is 3.25 bits per heavy atom. The molecule has 4 heteroatoms. The number of nitrogens with one attached hydrogen (secondary N) is 1. The summed E-state index contributed by atoms with van der Waals surface area (Å²) < 4.78 is 1.24. The number of hydrogen-bond donors (Lipinski definition) is 1. The van der Waals surface area contributed by atoms with Gasteiger partial charge in [-0.3, -0.25) is 4.98 Å². The van der Waals surface area contributed by atoms with E-state index in [1.54, 1.807) is 11.3 Å².